The van der Waals surface area contributed by atoms with Crippen LogP contribution in [-0.2, 0) is 7.05 Å². The van der Waals surface area contributed by atoms with Crippen molar-refractivity contribution in [1.29, 1.82) is 0 Å². The Kier molecular flexibility index (Phi) is 6.77. The van der Waals surface area contributed by atoms with Gasteiger partial charge in [-0.05, 0) is 57.6 Å². The first-order valence-electron chi connectivity index (χ1n) is 10.8. The number of aryl methyl sites for hydroxylation is 1. The maximum atomic E-state index is 12.7. The molecule has 4 rings (SSSR count). The van der Waals surface area contributed by atoms with E-state index < -0.39 is 0 Å². The number of aromatic nitrogens is 3. The number of nitrogens with one attached hydrogen (secondary N) is 1. The fraction of sp³-hybridized carbons (Fsp3) is 0.375. The quantitative estimate of drug-likeness (QED) is 0.592. The summed E-state index contributed by atoms with van der Waals surface area (Å²) in [7, 11) is 4.06. The lowest BCUT2D eigenvalue weighted by Crippen LogP contribution is -2.40. The van der Waals surface area contributed by atoms with Gasteiger partial charge in [-0.1, -0.05) is 18.0 Å². The van der Waals surface area contributed by atoms with Crippen LogP contribution in [0.25, 0.3) is 11.4 Å². The summed E-state index contributed by atoms with van der Waals surface area (Å²) in [6, 6.07) is 9.23. The van der Waals surface area contributed by atoms with Crippen LogP contribution in [0.5, 0.6) is 5.88 Å². The Hall–Kier alpha value is -2.90. The molecular weight excluding hydrogens is 426 g/mol. The number of carbonyl (C=O) groups is 1. The predicted octanol–water partition coefficient (Wildman–Crippen LogP) is 4.56. The summed E-state index contributed by atoms with van der Waals surface area (Å²) in [5, 5.41) is 3.48. The third-order valence-electron chi connectivity index (χ3n) is 6.03. The van der Waals surface area contributed by atoms with Gasteiger partial charge in [0.1, 0.15) is 12.4 Å². The van der Waals surface area contributed by atoms with Crippen molar-refractivity contribution in [1.82, 2.24) is 19.4 Å². The number of halogens is 1. The SMILES string of the molecule is Cc1cnc(-c2cc(NC(=O)c3ccc(OCC4CCCCN4C)nc3)ccc2Cl)n1C. The smallest absolute Gasteiger partial charge is 0.257 e. The molecule has 32 heavy (non-hydrogen) atoms. The van der Waals surface area contributed by atoms with Crippen molar-refractivity contribution in [3.05, 3.63) is 59.0 Å². The second kappa shape index (κ2) is 9.71. The number of anilines is 1. The molecule has 168 valence electrons. The fourth-order valence-electron chi connectivity index (χ4n) is 3.86. The Morgan fingerprint density at radius 2 is 2.03 bits per heavy atom. The minimum absolute atomic E-state index is 0.250. The first-order valence-corrected chi connectivity index (χ1v) is 11.2. The van der Waals surface area contributed by atoms with Gasteiger partial charge in [0.05, 0.1) is 10.6 Å². The lowest BCUT2D eigenvalue weighted by atomic mass is 10.0. The van der Waals surface area contributed by atoms with Crippen molar-refractivity contribution in [2.24, 2.45) is 7.05 Å². The largest absolute Gasteiger partial charge is 0.476 e. The minimum atomic E-state index is -0.250. The van der Waals surface area contributed by atoms with E-state index in [1.807, 2.05) is 24.6 Å². The van der Waals surface area contributed by atoms with E-state index in [-0.39, 0.29) is 5.91 Å². The van der Waals surface area contributed by atoms with Crippen LogP contribution in [-0.4, -0.2) is 51.6 Å². The molecule has 0 spiro atoms. The summed E-state index contributed by atoms with van der Waals surface area (Å²) in [5.41, 5.74) is 2.87. The number of hydrogen-bond donors (Lipinski definition) is 1. The van der Waals surface area contributed by atoms with Gasteiger partial charge in [0.25, 0.3) is 5.91 Å². The number of benzene rings is 1. The molecule has 0 aliphatic carbocycles. The van der Waals surface area contributed by atoms with E-state index in [1.54, 1.807) is 30.5 Å². The molecule has 0 bridgehead atoms. The highest BCUT2D eigenvalue weighted by Gasteiger charge is 2.19. The summed E-state index contributed by atoms with van der Waals surface area (Å²) in [6.07, 6.45) is 6.94. The van der Waals surface area contributed by atoms with Gasteiger partial charge in [0.15, 0.2) is 0 Å². The van der Waals surface area contributed by atoms with Crippen molar-refractivity contribution >= 4 is 23.2 Å². The highest BCUT2D eigenvalue weighted by molar-refractivity contribution is 6.33. The number of imidazole rings is 1. The summed E-state index contributed by atoms with van der Waals surface area (Å²) >= 11 is 6.38. The molecule has 2 aromatic heterocycles. The molecule has 3 aromatic rings. The number of pyridine rings is 1. The summed E-state index contributed by atoms with van der Waals surface area (Å²) in [6.45, 7) is 3.69. The first kappa shape index (κ1) is 22.3. The molecule has 1 saturated heterocycles. The van der Waals surface area contributed by atoms with Crippen molar-refractivity contribution < 1.29 is 9.53 Å². The van der Waals surface area contributed by atoms with E-state index in [4.69, 9.17) is 16.3 Å². The van der Waals surface area contributed by atoms with E-state index in [1.165, 1.54) is 19.0 Å². The normalized spacial score (nSPS) is 16.7. The van der Waals surface area contributed by atoms with Crippen LogP contribution in [0.1, 0.15) is 35.3 Å². The van der Waals surface area contributed by atoms with Gasteiger partial charge < -0.3 is 19.5 Å². The number of nitrogens with zero attached hydrogens (tertiary/aromatic N) is 4. The van der Waals surface area contributed by atoms with Crippen molar-refractivity contribution in [2.45, 2.75) is 32.2 Å². The van der Waals surface area contributed by atoms with Crippen LogP contribution >= 0.6 is 11.6 Å². The van der Waals surface area contributed by atoms with E-state index in [0.29, 0.717) is 34.8 Å². The summed E-state index contributed by atoms with van der Waals surface area (Å²) in [5.74, 6) is 1.02. The molecule has 0 saturated carbocycles. The molecule has 3 heterocycles. The number of hydrogen-bond acceptors (Lipinski definition) is 5. The van der Waals surface area contributed by atoms with E-state index in [2.05, 4.69) is 27.2 Å². The lowest BCUT2D eigenvalue weighted by molar-refractivity contribution is 0.102. The zero-order chi connectivity index (χ0) is 22.7. The van der Waals surface area contributed by atoms with Crippen molar-refractivity contribution in [2.75, 3.05) is 25.5 Å². The van der Waals surface area contributed by atoms with Crippen LogP contribution in [0.3, 0.4) is 0 Å². The molecule has 1 fully saturated rings. The number of ether oxygens (including phenoxy) is 1. The highest BCUT2D eigenvalue weighted by atomic mass is 35.5. The highest BCUT2D eigenvalue weighted by Crippen LogP contribution is 2.30. The van der Waals surface area contributed by atoms with Crippen molar-refractivity contribution in [3.8, 4) is 17.3 Å². The Bertz CT molecular complexity index is 1100. The van der Waals surface area contributed by atoms with Gasteiger partial charge in [-0.2, -0.15) is 0 Å². The lowest BCUT2D eigenvalue weighted by Gasteiger charge is -2.31. The molecular formula is C24H28ClN5O2. The van der Waals surface area contributed by atoms with Crippen LogP contribution in [0.15, 0.2) is 42.7 Å². The third kappa shape index (κ3) is 4.95. The first-order chi connectivity index (χ1) is 15.4. The third-order valence-corrected chi connectivity index (χ3v) is 6.36. The zero-order valence-corrected chi connectivity index (χ0v) is 19.4. The Morgan fingerprint density at radius 1 is 1.19 bits per heavy atom. The van der Waals surface area contributed by atoms with Gasteiger partial charge in [-0.3, -0.25) is 4.79 Å². The average Bonchev–Trinajstić information content (AvgIpc) is 3.13. The van der Waals surface area contributed by atoms with Gasteiger partial charge in [0.2, 0.25) is 5.88 Å². The summed E-state index contributed by atoms with van der Waals surface area (Å²) < 4.78 is 7.81. The number of likely N-dealkylation sites (tertiary alicyclic amines) is 1. The molecule has 1 amide bonds. The van der Waals surface area contributed by atoms with E-state index in [9.17, 15) is 4.79 Å². The molecule has 0 radical (unpaired) electrons. The molecule has 7 nitrogen and oxygen atoms in total. The maximum absolute atomic E-state index is 12.7. The average molecular weight is 454 g/mol. The molecule has 8 heteroatoms. The molecule has 1 atom stereocenters. The van der Waals surface area contributed by atoms with Crippen LogP contribution < -0.4 is 10.1 Å². The van der Waals surface area contributed by atoms with Gasteiger partial charge in [-0.25, -0.2) is 9.97 Å². The number of carbonyl (C=O) groups excluding carboxylic acids is 1. The molecule has 1 N–H and O–H groups in total. The van der Waals surface area contributed by atoms with Gasteiger partial charge >= 0.3 is 0 Å². The van der Waals surface area contributed by atoms with E-state index in [0.717, 1.165) is 30.0 Å². The van der Waals surface area contributed by atoms with Crippen molar-refractivity contribution in [3.63, 3.8) is 0 Å². The Labute approximate surface area is 193 Å². The number of rotatable bonds is 6. The minimum Gasteiger partial charge on any atom is -0.476 e. The predicted molar refractivity (Wildman–Crippen MR) is 126 cm³/mol. The topological polar surface area (TPSA) is 72.3 Å². The second-order valence-electron chi connectivity index (χ2n) is 8.26. The molecule has 1 aliphatic rings. The van der Waals surface area contributed by atoms with Crippen LogP contribution in [0.4, 0.5) is 5.69 Å². The van der Waals surface area contributed by atoms with Crippen LogP contribution in [0, 0.1) is 6.92 Å². The van der Waals surface area contributed by atoms with E-state index >= 15 is 0 Å². The fourth-order valence-corrected chi connectivity index (χ4v) is 4.06. The Morgan fingerprint density at radius 3 is 2.72 bits per heavy atom. The Balaban J connectivity index is 1.40. The molecule has 1 aromatic carbocycles. The molecule has 1 aliphatic heterocycles. The number of piperidine rings is 1. The van der Waals surface area contributed by atoms with Gasteiger partial charge in [-0.15, -0.1) is 0 Å². The summed E-state index contributed by atoms with van der Waals surface area (Å²) in [4.78, 5) is 23.8. The zero-order valence-electron chi connectivity index (χ0n) is 18.6. The monoisotopic (exact) mass is 453 g/mol. The number of amides is 1. The van der Waals surface area contributed by atoms with Gasteiger partial charge in [0, 0.05) is 48.5 Å². The van der Waals surface area contributed by atoms with Crippen LogP contribution in [0.2, 0.25) is 5.02 Å². The second-order valence-corrected chi connectivity index (χ2v) is 8.66. The molecule has 1 unspecified atom stereocenters. The maximum Gasteiger partial charge on any atom is 0.257 e. The number of likely N-dealkylation sites (N-methyl/N-ethyl adjacent to an activating group) is 1. The standard InChI is InChI=1S/C24H28ClN5O2/c1-16-13-27-23(30(16)3)20-12-18(8-9-21(20)25)28-24(31)17-7-10-22(26-14-17)32-15-19-6-4-5-11-29(19)2/h7-10,12-14,19H,4-6,11,15H2,1-3H3,(H,28,31).